The Morgan fingerprint density at radius 3 is 2.44 bits per heavy atom. The average Bonchev–Trinajstić information content (AvgIpc) is 2.58. The summed E-state index contributed by atoms with van der Waals surface area (Å²) in [6.45, 7) is 7.61. The van der Waals surface area contributed by atoms with E-state index in [1.807, 2.05) is 27.0 Å². The number of guanidine groups is 1. The molecular weight excluding hydrogens is 452 g/mol. The van der Waals surface area contributed by atoms with E-state index in [0.717, 1.165) is 23.4 Å². The fraction of sp³-hybridized carbons (Fsp3) is 0.611. The SMILES string of the molecule is CCNC(=NCc1ccc(F)cc1CSC)NCC(O)(CC)CC.I. The fourth-order valence-electron chi connectivity index (χ4n) is 2.29. The van der Waals surface area contributed by atoms with Gasteiger partial charge in [0.15, 0.2) is 5.96 Å². The van der Waals surface area contributed by atoms with Gasteiger partial charge in [0.05, 0.1) is 12.1 Å². The first-order chi connectivity index (χ1) is 11.5. The Hall–Kier alpha value is -0.540. The van der Waals surface area contributed by atoms with Crippen molar-refractivity contribution in [1.29, 1.82) is 0 Å². The number of nitrogens with zero attached hydrogens (tertiary/aromatic N) is 1. The summed E-state index contributed by atoms with van der Waals surface area (Å²) >= 11 is 1.66. The lowest BCUT2D eigenvalue weighted by Gasteiger charge is -2.26. The van der Waals surface area contributed by atoms with E-state index >= 15 is 0 Å². The Morgan fingerprint density at radius 2 is 1.88 bits per heavy atom. The van der Waals surface area contributed by atoms with Gasteiger partial charge < -0.3 is 15.7 Å². The summed E-state index contributed by atoms with van der Waals surface area (Å²) in [4.78, 5) is 4.58. The van der Waals surface area contributed by atoms with Crippen molar-refractivity contribution in [3.63, 3.8) is 0 Å². The summed E-state index contributed by atoms with van der Waals surface area (Å²) < 4.78 is 13.4. The molecule has 0 saturated carbocycles. The molecule has 0 aliphatic rings. The van der Waals surface area contributed by atoms with Crippen LogP contribution in [0.1, 0.15) is 44.7 Å². The van der Waals surface area contributed by atoms with E-state index in [9.17, 15) is 9.50 Å². The predicted molar refractivity (Wildman–Crippen MR) is 117 cm³/mol. The first-order valence-electron chi connectivity index (χ1n) is 8.48. The molecule has 0 aliphatic carbocycles. The maximum absolute atomic E-state index is 13.4. The monoisotopic (exact) mass is 483 g/mol. The molecule has 7 heteroatoms. The minimum absolute atomic E-state index is 0. The van der Waals surface area contributed by atoms with Gasteiger partial charge in [0.1, 0.15) is 5.82 Å². The molecule has 0 unspecified atom stereocenters. The fourth-order valence-corrected chi connectivity index (χ4v) is 2.87. The summed E-state index contributed by atoms with van der Waals surface area (Å²) in [5, 5.41) is 16.8. The normalized spacial score (nSPS) is 11.8. The van der Waals surface area contributed by atoms with Crippen LogP contribution in [-0.4, -0.2) is 36.0 Å². The Balaban J connectivity index is 0.00000576. The third-order valence-electron chi connectivity index (χ3n) is 4.12. The van der Waals surface area contributed by atoms with Gasteiger partial charge in [0.25, 0.3) is 0 Å². The molecule has 144 valence electrons. The van der Waals surface area contributed by atoms with Crippen LogP contribution in [0.25, 0.3) is 0 Å². The highest BCUT2D eigenvalue weighted by atomic mass is 127. The largest absolute Gasteiger partial charge is 0.388 e. The van der Waals surface area contributed by atoms with E-state index in [0.29, 0.717) is 31.9 Å². The van der Waals surface area contributed by atoms with Gasteiger partial charge in [0.2, 0.25) is 0 Å². The molecule has 4 nitrogen and oxygen atoms in total. The standard InChI is InChI=1S/C18H30FN3OS.HI/c1-5-18(23,6-2)13-22-17(20-7-3)21-11-14-8-9-16(19)10-15(14)12-24-4;/h8-10,23H,5-7,11-13H2,1-4H3,(H2,20,21,22);1H. The highest BCUT2D eigenvalue weighted by Crippen LogP contribution is 2.17. The van der Waals surface area contributed by atoms with Gasteiger partial charge in [-0.15, -0.1) is 24.0 Å². The first kappa shape index (κ1) is 24.5. The van der Waals surface area contributed by atoms with Crippen LogP contribution in [0.5, 0.6) is 0 Å². The Labute approximate surface area is 172 Å². The topological polar surface area (TPSA) is 56.7 Å². The summed E-state index contributed by atoms with van der Waals surface area (Å²) in [5.74, 6) is 1.21. The lowest BCUT2D eigenvalue weighted by atomic mass is 9.98. The van der Waals surface area contributed by atoms with Gasteiger partial charge in [-0.05, 0) is 49.3 Å². The molecule has 0 aliphatic heterocycles. The van der Waals surface area contributed by atoms with Crippen LogP contribution in [0, 0.1) is 5.82 Å². The Kier molecular flexibility index (Phi) is 12.5. The predicted octanol–water partition coefficient (Wildman–Crippen LogP) is 3.91. The second-order valence-corrected chi connectivity index (χ2v) is 6.69. The lowest BCUT2D eigenvalue weighted by molar-refractivity contribution is 0.0367. The number of halogens is 2. The number of benzene rings is 1. The van der Waals surface area contributed by atoms with Crippen LogP contribution in [0.15, 0.2) is 23.2 Å². The highest BCUT2D eigenvalue weighted by Gasteiger charge is 2.22. The number of nitrogens with one attached hydrogen (secondary N) is 2. The number of aliphatic hydroxyl groups is 1. The molecule has 0 bridgehead atoms. The van der Waals surface area contributed by atoms with E-state index in [1.54, 1.807) is 23.9 Å². The van der Waals surface area contributed by atoms with Crippen molar-refractivity contribution in [1.82, 2.24) is 10.6 Å². The molecule has 0 radical (unpaired) electrons. The van der Waals surface area contributed by atoms with E-state index < -0.39 is 5.60 Å². The van der Waals surface area contributed by atoms with Gasteiger partial charge in [-0.25, -0.2) is 9.38 Å². The van der Waals surface area contributed by atoms with Gasteiger partial charge in [-0.1, -0.05) is 19.9 Å². The summed E-state index contributed by atoms with van der Waals surface area (Å²) in [5.41, 5.74) is 1.26. The van der Waals surface area contributed by atoms with Crippen LogP contribution in [0.2, 0.25) is 0 Å². The van der Waals surface area contributed by atoms with Gasteiger partial charge >= 0.3 is 0 Å². The summed E-state index contributed by atoms with van der Waals surface area (Å²) in [6.07, 6.45) is 3.37. The van der Waals surface area contributed by atoms with Crippen molar-refractivity contribution >= 4 is 41.7 Å². The molecular formula is C18H31FIN3OS. The molecule has 0 atom stereocenters. The zero-order valence-electron chi connectivity index (χ0n) is 15.6. The third-order valence-corrected chi connectivity index (χ3v) is 4.72. The average molecular weight is 483 g/mol. The van der Waals surface area contributed by atoms with Crippen molar-refractivity contribution in [3.05, 3.63) is 35.1 Å². The maximum atomic E-state index is 13.4. The molecule has 0 spiro atoms. The molecule has 1 aromatic carbocycles. The summed E-state index contributed by atoms with van der Waals surface area (Å²) in [6, 6.07) is 4.85. The van der Waals surface area contributed by atoms with Crippen LogP contribution < -0.4 is 10.6 Å². The second-order valence-electron chi connectivity index (χ2n) is 5.83. The molecule has 1 aromatic rings. The maximum Gasteiger partial charge on any atom is 0.191 e. The lowest BCUT2D eigenvalue weighted by Crippen LogP contribution is -2.46. The van der Waals surface area contributed by atoms with Crippen molar-refractivity contribution < 1.29 is 9.50 Å². The van der Waals surface area contributed by atoms with Crippen LogP contribution in [-0.2, 0) is 12.3 Å². The minimum atomic E-state index is -0.726. The minimum Gasteiger partial charge on any atom is -0.388 e. The van der Waals surface area contributed by atoms with E-state index in [-0.39, 0.29) is 29.8 Å². The number of aliphatic imine (C=N–C) groups is 1. The smallest absolute Gasteiger partial charge is 0.191 e. The Bertz CT molecular complexity index is 539. The zero-order valence-corrected chi connectivity index (χ0v) is 18.7. The molecule has 0 heterocycles. The molecule has 0 fully saturated rings. The van der Waals surface area contributed by atoms with E-state index in [4.69, 9.17) is 0 Å². The van der Waals surface area contributed by atoms with Gasteiger partial charge in [-0.3, -0.25) is 0 Å². The number of hydrogen-bond acceptors (Lipinski definition) is 3. The van der Waals surface area contributed by atoms with Gasteiger partial charge in [-0.2, -0.15) is 11.8 Å². The van der Waals surface area contributed by atoms with E-state index in [1.165, 1.54) is 6.07 Å². The second kappa shape index (κ2) is 12.8. The van der Waals surface area contributed by atoms with Crippen molar-refractivity contribution in [2.45, 2.75) is 51.5 Å². The quantitative estimate of drug-likeness (QED) is 0.283. The number of hydrogen-bond donors (Lipinski definition) is 3. The molecule has 3 N–H and O–H groups in total. The zero-order chi connectivity index (χ0) is 18.0. The third kappa shape index (κ3) is 8.59. The molecule has 25 heavy (non-hydrogen) atoms. The van der Waals surface area contributed by atoms with Gasteiger partial charge in [0, 0.05) is 18.8 Å². The van der Waals surface area contributed by atoms with Crippen LogP contribution in [0.4, 0.5) is 4.39 Å². The van der Waals surface area contributed by atoms with E-state index in [2.05, 4.69) is 15.6 Å². The summed E-state index contributed by atoms with van der Waals surface area (Å²) in [7, 11) is 0. The molecule has 0 aromatic heterocycles. The van der Waals surface area contributed by atoms with Crippen LogP contribution in [0.3, 0.4) is 0 Å². The van der Waals surface area contributed by atoms with Crippen molar-refractivity contribution in [2.24, 2.45) is 4.99 Å². The molecule has 1 rings (SSSR count). The number of thioether (sulfide) groups is 1. The number of rotatable bonds is 9. The van der Waals surface area contributed by atoms with Crippen molar-refractivity contribution in [3.8, 4) is 0 Å². The first-order valence-corrected chi connectivity index (χ1v) is 9.88. The highest BCUT2D eigenvalue weighted by molar-refractivity contribution is 14.0. The van der Waals surface area contributed by atoms with Crippen molar-refractivity contribution in [2.75, 3.05) is 19.3 Å². The molecule has 0 saturated heterocycles. The molecule has 0 amide bonds. The van der Waals surface area contributed by atoms with Crippen LogP contribution >= 0.6 is 35.7 Å². The Morgan fingerprint density at radius 1 is 1.20 bits per heavy atom.